The molecule has 0 aromatic heterocycles. The molecule has 120 valence electrons. The topological polar surface area (TPSA) is 137 Å². The Bertz CT molecular complexity index is 246. The van der Waals surface area contributed by atoms with E-state index in [9.17, 15) is 4.79 Å². The molecule has 0 aliphatic rings. The normalized spacial score (nSPS) is 7.38. The third-order valence-electron chi connectivity index (χ3n) is 1.56. The maximum Gasteiger partial charge on any atom is 3.00 e. The number of hydrogen-bond donors (Lipinski definition) is 0. The van der Waals surface area contributed by atoms with E-state index in [0.29, 0.717) is 11.7 Å². The summed E-state index contributed by atoms with van der Waals surface area (Å²) < 4.78 is 0. The summed E-state index contributed by atoms with van der Waals surface area (Å²) in [4.78, 5) is 37.3. The minimum absolute atomic E-state index is 0. The van der Waals surface area contributed by atoms with Gasteiger partial charge in [0.25, 0.3) is 0 Å². The van der Waals surface area contributed by atoms with Crippen molar-refractivity contribution >= 4 is 41.1 Å². The first-order valence-corrected chi connectivity index (χ1v) is 5.95. The first-order chi connectivity index (χ1) is 8.91. The summed E-state index contributed by atoms with van der Waals surface area (Å²) in [6.07, 6.45) is 1.98. The Hall–Kier alpha value is -1.39. The zero-order chi connectivity index (χ0) is 17.3. The van der Waals surface area contributed by atoms with Gasteiger partial charge in [-0.05, 0) is 40.5 Å². The number of carbonyl (C=O) groups excluding carboxylic acids is 4. The van der Waals surface area contributed by atoms with Crippen LogP contribution in [0.5, 0.6) is 0 Å². The molecule has 21 heavy (non-hydrogen) atoms. The van der Waals surface area contributed by atoms with Gasteiger partial charge in [-0.15, -0.1) is 0 Å². The smallest absolute Gasteiger partial charge is 0.550 e. The van der Waals surface area contributed by atoms with E-state index in [1.165, 1.54) is 0 Å². The van der Waals surface area contributed by atoms with Crippen molar-refractivity contribution in [2.75, 3.05) is 0 Å². The Morgan fingerprint density at radius 1 is 0.714 bits per heavy atom. The molecule has 0 rings (SSSR count). The van der Waals surface area contributed by atoms with E-state index in [1.54, 1.807) is 6.92 Å². The summed E-state index contributed by atoms with van der Waals surface area (Å²) in [7, 11) is 0. The van der Waals surface area contributed by atoms with Crippen molar-refractivity contribution in [3.8, 4) is 0 Å². The SMILES string of the molecule is CC(=O)[O-].CC(=O)[O-].CC(=O)[O-].CCC(CC)C(C)=O.[Al+3]. The minimum Gasteiger partial charge on any atom is -0.550 e. The molecule has 0 bridgehead atoms. The minimum atomic E-state index is -1.08. The number of rotatable bonds is 3. The second-order valence-electron chi connectivity index (χ2n) is 3.60. The maximum absolute atomic E-state index is 10.6. The van der Waals surface area contributed by atoms with Gasteiger partial charge in [-0.25, -0.2) is 0 Å². The second kappa shape index (κ2) is 23.7. The molecule has 0 saturated heterocycles. The molecule has 0 heterocycles. The maximum atomic E-state index is 10.6. The van der Waals surface area contributed by atoms with E-state index in [-0.39, 0.29) is 17.4 Å². The number of carbonyl (C=O) groups is 4. The Kier molecular flexibility index (Phi) is 35.9. The molecule has 0 unspecified atom stereocenters. The molecule has 0 atom stereocenters. The number of hydrogen-bond acceptors (Lipinski definition) is 7. The van der Waals surface area contributed by atoms with Gasteiger partial charge >= 0.3 is 17.4 Å². The first-order valence-electron chi connectivity index (χ1n) is 5.95. The third kappa shape index (κ3) is 117. The summed E-state index contributed by atoms with van der Waals surface area (Å²) in [5, 5.41) is 26.7. The molecule has 0 radical (unpaired) electrons. The van der Waals surface area contributed by atoms with Gasteiger partial charge in [0, 0.05) is 23.8 Å². The van der Waals surface area contributed by atoms with Crippen molar-refractivity contribution in [1.29, 1.82) is 0 Å². The van der Waals surface area contributed by atoms with E-state index < -0.39 is 17.9 Å². The number of carboxylic acid groups (broad SMARTS) is 3. The molecule has 0 amide bonds. The van der Waals surface area contributed by atoms with Gasteiger partial charge in [0.2, 0.25) is 0 Å². The molecular weight excluding hydrogens is 295 g/mol. The largest absolute Gasteiger partial charge is 3.00 e. The molecule has 0 aromatic rings. The van der Waals surface area contributed by atoms with Crippen LogP contribution in [0.4, 0.5) is 0 Å². The molecule has 0 spiro atoms. The fourth-order valence-corrected chi connectivity index (χ4v) is 0.864. The van der Waals surface area contributed by atoms with E-state index >= 15 is 0 Å². The van der Waals surface area contributed by atoms with Gasteiger partial charge in [0.15, 0.2) is 0 Å². The summed E-state index contributed by atoms with van der Waals surface area (Å²) in [6, 6.07) is 0. The van der Waals surface area contributed by atoms with Gasteiger partial charge in [-0.3, -0.25) is 4.79 Å². The van der Waals surface area contributed by atoms with Crippen LogP contribution in [0.25, 0.3) is 0 Å². The average Bonchev–Trinajstić information content (AvgIpc) is 2.15. The number of carboxylic acids is 3. The summed E-state index contributed by atoms with van der Waals surface area (Å²) in [6.45, 7) is 8.68. The van der Waals surface area contributed by atoms with Crippen molar-refractivity contribution in [2.24, 2.45) is 5.92 Å². The zero-order valence-corrected chi connectivity index (χ0v) is 14.6. The molecule has 0 aliphatic carbocycles. The van der Waals surface area contributed by atoms with Crippen molar-refractivity contribution in [2.45, 2.75) is 54.4 Å². The predicted octanol–water partition coefficient (Wildman–Crippen LogP) is -2.10. The van der Waals surface area contributed by atoms with Crippen molar-refractivity contribution in [3.05, 3.63) is 0 Å². The van der Waals surface area contributed by atoms with Gasteiger partial charge < -0.3 is 29.7 Å². The van der Waals surface area contributed by atoms with E-state index in [0.717, 1.165) is 33.6 Å². The molecule has 7 nitrogen and oxygen atoms in total. The molecule has 8 heteroatoms. The Morgan fingerprint density at radius 3 is 0.857 bits per heavy atom. The van der Waals surface area contributed by atoms with Crippen LogP contribution in [-0.2, 0) is 19.2 Å². The monoisotopic (exact) mass is 318 g/mol. The summed E-state index contributed by atoms with van der Waals surface area (Å²) in [5.74, 6) is -2.61. The molecule has 0 aliphatic heterocycles. The van der Waals surface area contributed by atoms with Crippen LogP contribution in [0.2, 0.25) is 0 Å². The van der Waals surface area contributed by atoms with Crippen LogP contribution in [0, 0.1) is 5.92 Å². The fourth-order valence-electron chi connectivity index (χ4n) is 0.864. The van der Waals surface area contributed by atoms with Crippen LogP contribution >= 0.6 is 0 Å². The number of Topliss-reactive ketones (excluding diaryl/α,β-unsaturated/α-hetero) is 1. The average molecular weight is 318 g/mol. The van der Waals surface area contributed by atoms with Crippen LogP contribution in [0.15, 0.2) is 0 Å². The standard InChI is InChI=1S/C7H14O.3C2H4O2.Al/c1-4-7(5-2)6(3)8;3*1-2(3)4;/h7H,4-5H2,1-3H3;3*1H3,(H,3,4);/q;;;;+3/p-3. The van der Waals surface area contributed by atoms with E-state index in [2.05, 4.69) is 13.8 Å². The second-order valence-corrected chi connectivity index (χ2v) is 3.60. The van der Waals surface area contributed by atoms with Crippen LogP contribution in [-0.4, -0.2) is 41.1 Å². The quantitative estimate of drug-likeness (QED) is 0.543. The van der Waals surface area contributed by atoms with Crippen molar-refractivity contribution in [1.82, 2.24) is 0 Å². The first kappa shape index (κ1) is 31.8. The summed E-state index contributed by atoms with van der Waals surface area (Å²) in [5.41, 5.74) is 0. The molecule has 0 fully saturated rings. The van der Waals surface area contributed by atoms with Crippen molar-refractivity contribution < 1.29 is 34.5 Å². The third-order valence-corrected chi connectivity index (χ3v) is 1.56. The van der Waals surface area contributed by atoms with Gasteiger partial charge in [0.05, 0.1) is 0 Å². The Labute approximate surface area is 136 Å². The number of aliphatic carboxylic acids is 3. The fraction of sp³-hybridized carbons (Fsp3) is 0.692. The van der Waals surface area contributed by atoms with Gasteiger partial charge in [-0.2, -0.15) is 0 Å². The van der Waals surface area contributed by atoms with Crippen LogP contribution < -0.4 is 15.3 Å². The van der Waals surface area contributed by atoms with Gasteiger partial charge in [-0.1, -0.05) is 13.8 Å². The molecule has 0 saturated carbocycles. The Balaban J connectivity index is -0.0000000570. The molecule has 0 aromatic carbocycles. The summed E-state index contributed by atoms with van der Waals surface area (Å²) >= 11 is 0. The van der Waals surface area contributed by atoms with Crippen molar-refractivity contribution in [3.63, 3.8) is 0 Å². The van der Waals surface area contributed by atoms with Crippen LogP contribution in [0.1, 0.15) is 54.4 Å². The molecular formula is C13H23AlO7. The Morgan fingerprint density at radius 2 is 0.857 bits per heavy atom. The van der Waals surface area contributed by atoms with Crippen LogP contribution in [0.3, 0.4) is 0 Å². The predicted molar refractivity (Wildman–Crippen MR) is 72.6 cm³/mol. The van der Waals surface area contributed by atoms with Gasteiger partial charge in [0.1, 0.15) is 5.78 Å². The van der Waals surface area contributed by atoms with E-state index in [1.807, 2.05) is 0 Å². The zero-order valence-electron chi connectivity index (χ0n) is 13.4. The molecule has 0 N–H and O–H groups in total. The van der Waals surface area contributed by atoms with E-state index in [4.69, 9.17) is 29.7 Å². The number of ketones is 1.